The lowest BCUT2D eigenvalue weighted by atomic mass is 10.1. The molecule has 0 atom stereocenters. The lowest BCUT2D eigenvalue weighted by Gasteiger charge is -2.12. The first-order valence-corrected chi connectivity index (χ1v) is 12.1. The first-order chi connectivity index (χ1) is 18.2. The second kappa shape index (κ2) is 9.91. The number of amides is 1. The Morgan fingerprint density at radius 3 is 2.59 bits per heavy atom. The summed E-state index contributed by atoms with van der Waals surface area (Å²) in [4.78, 5) is 22.3. The van der Waals surface area contributed by atoms with Gasteiger partial charge in [-0.2, -0.15) is 5.10 Å². The van der Waals surface area contributed by atoms with Crippen molar-refractivity contribution in [2.75, 3.05) is 10.6 Å². The Hall–Kier alpha value is -5.04. The number of carbonyl (C=O) groups is 1. The molecule has 6 aromatic rings. The number of nitrogens with one attached hydrogen (secondary N) is 3. The average Bonchev–Trinajstić information content (AvgIpc) is 3.41. The third-order valence-electron chi connectivity index (χ3n) is 6.19. The molecule has 0 saturated heterocycles. The summed E-state index contributed by atoms with van der Waals surface area (Å²) in [5.41, 5.74) is 5.39. The zero-order valence-corrected chi connectivity index (χ0v) is 20.0. The van der Waals surface area contributed by atoms with E-state index < -0.39 is 0 Å². The number of aromatic nitrogens is 4. The molecule has 37 heavy (non-hydrogen) atoms. The van der Waals surface area contributed by atoms with Gasteiger partial charge in [-0.05, 0) is 54.4 Å². The number of fused-ring (bicyclic) bond motifs is 2. The molecule has 0 bridgehead atoms. The largest absolute Gasteiger partial charge is 0.340 e. The molecule has 0 unspecified atom stereocenters. The molecule has 0 aliphatic heterocycles. The second-order valence-corrected chi connectivity index (χ2v) is 8.82. The smallest absolute Gasteiger partial charge is 0.224 e. The Labute approximate surface area is 213 Å². The molecule has 4 aromatic carbocycles. The van der Waals surface area contributed by atoms with Crippen LogP contribution in [0.1, 0.15) is 12.0 Å². The van der Waals surface area contributed by atoms with E-state index in [4.69, 9.17) is 9.97 Å². The van der Waals surface area contributed by atoms with Crippen LogP contribution in [0.4, 0.5) is 17.2 Å². The minimum absolute atomic E-state index is 0.0302. The van der Waals surface area contributed by atoms with Crippen LogP contribution < -0.4 is 10.6 Å². The first-order valence-electron chi connectivity index (χ1n) is 12.1. The van der Waals surface area contributed by atoms with E-state index in [1.54, 1.807) is 6.20 Å². The Balaban J connectivity index is 1.27. The average molecular weight is 485 g/mol. The molecular weight excluding hydrogens is 460 g/mol. The van der Waals surface area contributed by atoms with Crippen LogP contribution >= 0.6 is 0 Å². The number of hydrogen-bond donors (Lipinski definition) is 3. The van der Waals surface area contributed by atoms with E-state index in [9.17, 15) is 4.79 Å². The van der Waals surface area contributed by atoms with Gasteiger partial charge in [-0.3, -0.25) is 9.89 Å². The minimum atomic E-state index is -0.0302. The summed E-state index contributed by atoms with van der Waals surface area (Å²) in [5, 5.41) is 15.5. The maximum Gasteiger partial charge on any atom is 0.224 e. The van der Waals surface area contributed by atoms with Gasteiger partial charge in [-0.1, -0.05) is 54.6 Å². The predicted molar refractivity (Wildman–Crippen MR) is 148 cm³/mol. The Kier molecular flexibility index (Phi) is 6.01. The second-order valence-electron chi connectivity index (χ2n) is 8.82. The van der Waals surface area contributed by atoms with E-state index in [-0.39, 0.29) is 5.91 Å². The van der Waals surface area contributed by atoms with Crippen molar-refractivity contribution < 1.29 is 4.79 Å². The number of H-pyrrole nitrogens is 1. The van der Waals surface area contributed by atoms with Gasteiger partial charge in [-0.15, -0.1) is 0 Å². The van der Waals surface area contributed by atoms with Crippen molar-refractivity contribution in [3.05, 3.63) is 109 Å². The highest BCUT2D eigenvalue weighted by Gasteiger charge is 2.12. The Morgan fingerprint density at radius 1 is 0.811 bits per heavy atom. The molecule has 7 nitrogen and oxygen atoms in total. The quantitative estimate of drug-likeness (QED) is 0.241. The highest BCUT2D eigenvalue weighted by atomic mass is 16.1. The third-order valence-corrected chi connectivity index (χ3v) is 6.19. The lowest BCUT2D eigenvalue weighted by Crippen LogP contribution is -2.12. The molecule has 0 aliphatic carbocycles. The molecule has 0 radical (unpaired) electrons. The molecule has 1 amide bonds. The third kappa shape index (κ3) is 5.01. The van der Waals surface area contributed by atoms with Gasteiger partial charge >= 0.3 is 0 Å². The maximum atomic E-state index is 12.6. The van der Waals surface area contributed by atoms with Crippen molar-refractivity contribution in [2.45, 2.75) is 12.8 Å². The van der Waals surface area contributed by atoms with Gasteiger partial charge in [0.1, 0.15) is 5.82 Å². The van der Waals surface area contributed by atoms with Gasteiger partial charge in [0.2, 0.25) is 5.91 Å². The van der Waals surface area contributed by atoms with Crippen molar-refractivity contribution in [1.29, 1.82) is 0 Å². The van der Waals surface area contributed by atoms with E-state index >= 15 is 0 Å². The summed E-state index contributed by atoms with van der Waals surface area (Å²) in [6.45, 7) is 0. The van der Waals surface area contributed by atoms with Crippen molar-refractivity contribution in [2.24, 2.45) is 0 Å². The van der Waals surface area contributed by atoms with E-state index in [1.807, 2.05) is 97.1 Å². The van der Waals surface area contributed by atoms with E-state index in [1.165, 1.54) is 0 Å². The number of aromatic amines is 1. The first kappa shape index (κ1) is 22.4. The molecule has 0 fully saturated rings. The zero-order chi connectivity index (χ0) is 25.0. The monoisotopic (exact) mass is 484 g/mol. The summed E-state index contributed by atoms with van der Waals surface area (Å²) in [7, 11) is 0. The summed E-state index contributed by atoms with van der Waals surface area (Å²) in [5.74, 6) is 1.25. The van der Waals surface area contributed by atoms with Crippen LogP contribution in [-0.2, 0) is 11.2 Å². The number of anilines is 3. The number of carbonyl (C=O) groups excluding carboxylic acids is 1. The van der Waals surface area contributed by atoms with Crippen LogP contribution in [0.25, 0.3) is 33.2 Å². The predicted octanol–water partition coefficient (Wildman–Crippen LogP) is 6.49. The van der Waals surface area contributed by atoms with E-state index in [2.05, 4.69) is 20.8 Å². The number of rotatable bonds is 7. The molecule has 0 spiro atoms. The van der Waals surface area contributed by atoms with Gasteiger partial charge in [0.05, 0.1) is 17.2 Å². The fourth-order valence-corrected chi connectivity index (χ4v) is 4.32. The van der Waals surface area contributed by atoms with Crippen molar-refractivity contribution >= 4 is 44.9 Å². The highest BCUT2D eigenvalue weighted by Crippen LogP contribution is 2.29. The number of benzene rings is 4. The fraction of sp³-hybridized carbons (Fsp3) is 0.0667. The molecule has 6 rings (SSSR count). The van der Waals surface area contributed by atoms with Crippen LogP contribution in [0.15, 0.2) is 103 Å². The number of para-hydroxylation sites is 1. The van der Waals surface area contributed by atoms with Gasteiger partial charge in [-0.25, -0.2) is 9.97 Å². The molecule has 0 saturated carbocycles. The molecule has 3 N–H and O–H groups in total. The molecule has 7 heteroatoms. The van der Waals surface area contributed by atoms with Crippen LogP contribution in [0.5, 0.6) is 0 Å². The topological polar surface area (TPSA) is 95.6 Å². The SMILES string of the molecule is O=C(CCc1ccccc1)Nc1cccc(-c2nc(Nc3ccc4[nH]ncc4c3)c3ccccc3n2)c1. The normalized spacial score (nSPS) is 11.0. The lowest BCUT2D eigenvalue weighted by molar-refractivity contribution is -0.116. The van der Waals surface area contributed by atoms with Gasteiger partial charge in [0.25, 0.3) is 0 Å². The summed E-state index contributed by atoms with van der Waals surface area (Å²) < 4.78 is 0. The standard InChI is InChI=1S/C30H24N6O/c37-28(16-13-20-7-2-1-3-8-20)32-23-10-6-9-21(17-23)29-34-27-12-5-4-11-25(27)30(35-29)33-24-14-15-26-22(18-24)19-31-36-26/h1-12,14-15,17-19H,13,16H2,(H,31,36)(H,32,37)(H,33,34,35). The molecular formula is C30H24N6O. The van der Waals surface area contributed by atoms with Crippen molar-refractivity contribution in [3.63, 3.8) is 0 Å². The van der Waals surface area contributed by atoms with Gasteiger partial charge in [0.15, 0.2) is 5.82 Å². The van der Waals surface area contributed by atoms with Crippen molar-refractivity contribution in [3.8, 4) is 11.4 Å². The maximum absolute atomic E-state index is 12.6. The molecule has 2 aromatic heterocycles. The van der Waals surface area contributed by atoms with Crippen LogP contribution in [0.3, 0.4) is 0 Å². The van der Waals surface area contributed by atoms with Gasteiger partial charge < -0.3 is 10.6 Å². The summed E-state index contributed by atoms with van der Waals surface area (Å²) in [6, 6.07) is 31.6. The zero-order valence-electron chi connectivity index (χ0n) is 20.0. The number of aryl methyl sites for hydroxylation is 1. The van der Waals surface area contributed by atoms with Crippen LogP contribution in [0.2, 0.25) is 0 Å². The molecule has 180 valence electrons. The van der Waals surface area contributed by atoms with Crippen molar-refractivity contribution in [1.82, 2.24) is 20.2 Å². The highest BCUT2D eigenvalue weighted by molar-refractivity contribution is 5.94. The number of hydrogen-bond acceptors (Lipinski definition) is 5. The summed E-state index contributed by atoms with van der Waals surface area (Å²) >= 11 is 0. The Morgan fingerprint density at radius 2 is 1.68 bits per heavy atom. The minimum Gasteiger partial charge on any atom is -0.340 e. The van der Waals surface area contributed by atoms with Crippen LogP contribution in [-0.4, -0.2) is 26.1 Å². The number of nitrogens with zero attached hydrogens (tertiary/aromatic N) is 3. The van der Waals surface area contributed by atoms with E-state index in [0.29, 0.717) is 30.2 Å². The summed E-state index contributed by atoms with van der Waals surface area (Å²) in [6.07, 6.45) is 2.90. The van der Waals surface area contributed by atoms with Crippen LogP contribution in [0, 0.1) is 0 Å². The Bertz CT molecular complexity index is 1710. The fourth-order valence-electron chi connectivity index (χ4n) is 4.32. The van der Waals surface area contributed by atoms with E-state index in [0.717, 1.165) is 38.6 Å². The molecule has 0 aliphatic rings. The molecule has 2 heterocycles. The van der Waals surface area contributed by atoms with Gasteiger partial charge in [0, 0.05) is 34.1 Å².